The first kappa shape index (κ1) is 22.5. The number of esters is 1. The van der Waals surface area contributed by atoms with E-state index >= 15 is 0 Å². The van der Waals surface area contributed by atoms with E-state index in [1.165, 1.54) is 43.0 Å². The van der Waals surface area contributed by atoms with Crippen molar-refractivity contribution in [3.8, 4) is 0 Å². The second kappa shape index (κ2) is 10.8. The SMILES string of the molecule is COC(=O)c1cccc(NC(=O)CSc2nnc(Cc3cccs3)n2C2CCCCC2)c1. The first-order chi connectivity index (χ1) is 15.6. The summed E-state index contributed by atoms with van der Waals surface area (Å²) < 4.78 is 7.00. The molecule has 3 aromatic rings. The molecule has 0 radical (unpaired) electrons. The van der Waals surface area contributed by atoms with Gasteiger partial charge in [-0.3, -0.25) is 4.79 Å². The molecule has 1 N–H and O–H groups in total. The van der Waals surface area contributed by atoms with Gasteiger partial charge in [-0.1, -0.05) is 43.2 Å². The van der Waals surface area contributed by atoms with Crippen LogP contribution in [0.1, 0.15) is 59.2 Å². The molecular formula is C23H26N4O3S2. The molecule has 7 nitrogen and oxygen atoms in total. The van der Waals surface area contributed by atoms with Gasteiger partial charge in [-0.2, -0.15) is 0 Å². The fourth-order valence-electron chi connectivity index (χ4n) is 3.97. The summed E-state index contributed by atoms with van der Waals surface area (Å²) in [5.41, 5.74) is 0.957. The molecule has 1 saturated carbocycles. The summed E-state index contributed by atoms with van der Waals surface area (Å²) in [5, 5.41) is 14.6. The molecule has 0 spiro atoms. The molecule has 2 heterocycles. The maximum Gasteiger partial charge on any atom is 0.337 e. The number of carbonyl (C=O) groups excluding carboxylic acids is 2. The van der Waals surface area contributed by atoms with Crippen LogP contribution in [0.15, 0.2) is 46.9 Å². The van der Waals surface area contributed by atoms with Crippen molar-refractivity contribution in [3.05, 3.63) is 58.0 Å². The summed E-state index contributed by atoms with van der Waals surface area (Å²) in [4.78, 5) is 25.6. The Hall–Kier alpha value is -2.65. The number of hydrogen-bond acceptors (Lipinski definition) is 7. The smallest absolute Gasteiger partial charge is 0.337 e. The topological polar surface area (TPSA) is 86.1 Å². The van der Waals surface area contributed by atoms with Gasteiger partial charge < -0.3 is 14.6 Å². The van der Waals surface area contributed by atoms with E-state index in [0.717, 1.165) is 30.2 Å². The summed E-state index contributed by atoms with van der Waals surface area (Å²) in [6.07, 6.45) is 6.69. The van der Waals surface area contributed by atoms with Gasteiger partial charge in [0.25, 0.3) is 0 Å². The average molecular weight is 471 g/mol. The number of hydrogen-bond donors (Lipinski definition) is 1. The molecular weight excluding hydrogens is 444 g/mol. The van der Waals surface area contributed by atoms with E-state index in [-0.39, 0.29) is 11.7 Å². The van der Waals surface area contributed by atoms with Crippen LogP contribution in [0.25, 0.3) is 0 Å². The fourth-order valence-corrected chi connectivity index (χ4v) is 5.50. The number of amides is 1. The third-order valence-corrected chi connectivity index (χ3v) is 7.31. The lowest BCUT2D eigenvalue weighted by Crippen LogP contribution is -2.18. The molecule has 168 valence electrons. The Morgan fingerprint density at radius 1 is 1.19 bits per heavy atom. The van der Waals surface area contributed by atoms with E-state index in [1.54, 1.807) is 35.6 Å². The van der Waals surface area contributed by atoms with Crippen LogP contribution < -0.4 is 5.32 Å². The van der Waals surface area contributed by atoms with Gasteiger partial charge in [0.15, 0.2) is 5.16 Å². The standard InChI is InChI=1S/C23H26N4O3S2/c1-30-22(29)16-7-5-8-17(13-16)24-21(28)15-32-23-26-25-20(14-19-11-6-12-31-19)27(23)18-9-3-2-4-10-18/h5-8,11-13,18H,2-4,9-10,14-15H2,1H3,(H,24,28). The van der Waals surface area contributed by atoms with Crippen LogP contribution in [0.3, 0.4) is 0 Å². The lowest BCUT2D eigenvalue weighted by atomic mass is 9.95. The van der Waals surface area contributed by atoms with Crippen molar-refractivity contribution in [2.24, 2.45) is 0 Å². The molecule has 1 aliphatic rings. The minimum Gasteiger partial charge on any atom is -0.465 e. The molecule has 0 unspecified atom stereocenters. The third kappa shape index (κ3) is 5.58. The Morgan fingerprint density at radius 2 is 2.03 bits per heavy atom. The van der Waals surface area contributed by atoms with E-state index in [9.17, 15) is 9.59 Å². The van der Waals surface area contributed by atoms with Gasteiger partial charge in [0.2, 0.25) is 5.91 Å². The zero-order valence-corrected chi connectivity index (χ0v) is 19.6. The molecule has 1 amide bonds. The maximum absolute atomic E-state index is 12.6. The number of methoxy groups -OCH3 is 1. The first-order valence-electron chi connectivity index (χ1n) is 10.7. The van der Waals surface area contributed by atoms with E-state index in [0.29, 0.717) is 17.3 Å². The molecule has 0 bridgehead atoms. The van der Waals surface area contributed by atoms with Gasteiger partial charge in [-0.05, 0) is 42.5 Å². The molecule has 4 rings (SSSR count). The van der Waals surface area contributed by atoms with E-state index in [4.69, 9.17) is 4.74 Å². The molecule has 0 atom stereocenters. The summed E-state index contributed by atoms with van der Waals surface area (Å²) in [6.45, 7) is 0. The fraction of sp³-hybridized carbons (Fsp3) is 0.391. The summed E-state index contributed by atoms with van der Waals surface area (Å²) >= 11 is 3.13. The Kier molecular flexibility index (Phi) is 7.59. The lowest BCUT2D eigenvalue weighted by molar-refractivity contribution is -0.113. The summed E-state index contributed by atoms with van der Waals surface area (Å²) in [5.74, 6) is 0.587. The molecule has 32 heavy (non-hydrogen) atoms. The van der Waals surface area contributed by atoms with E-state index in [2.05, 4.69) is 37.6 Å². The van der Waals surface area contributed by atoms with Gasteiger partial charge in [0.05, 0.1) is 18.4 Å². The van der Waals surface area contributed by atoms with Gasteiger partial charge >= 0.3 is 5.97 Å². The van der Waals surface area contributed by atoms with Crippen molar-refractivity contribution in [3.63, 3.8) is 0 Å². The van der Waals surface area contributed by atoms with Crippen molar-refractivity contribution in [1.82, 2.24) is 14.8 Å². The predicted molar refractivity (Wildman–Crippen MR) is 126 cm³/mol. The van der Waals surface area contributed by atoms with Crippen LogP contribution in [0.2, 0.25) is 0 Å². The molecule has 9 heteroatoms. The van der Waals surface area contributed by atoms with Crippen molar-refractivity contribution < 1.29 is 14.3 Å². The average Bonchev–Trinajstić information content (AvgIpc) is 3.48. The summed E-state index contributed by atoms with van der Waals surface area (Å²) in [6, 6.07) is 11.3. The number of rotatable bonds is 8. The Labute approximate surface area is 195 Å². The van der Waals surface area contributed by atoms with Crippen LogP contribution in [-0.4, -0.2) is 39.5 Å². The van der Waals surface area contributed by atoms with Crippen molar-refractivity contribution in [2.75, 3.05) is 18.2 Å². The molecule has 0 saturated heterocycles. The number of ether oxygens (including phenoxy) is 1. The van der Waals surface area contributed by atoms with Gasteiger partial charge in [0, 0.05) is 23.0 Å². The first-order valence-corrected chi connectivity index (χ1v) is 12.6. The van der Waals surface area contributed by atoms with Crippen LogP contribution in [-0.2, 0) is 16.0 Å². The highest BCUT2D eigenvalue weighted by Crippen LogP contribution is 2.33. The van der Waals surface area contributed by atoms with Crippen LogP contribution >= 0.6 is 23.1 Å². The Morgan fingerprint density at radius 3 is 2.78 bits per heavy atom. The Bertz CT molecular complexity index is 1060. The number of anilines is 1. The minimum atomic E-state index is -0.436. The zero-order valence-electron chi connectivity index (χ0n) is 18.0. The molecule has 1 aliphatic carbocycles. The quantitative estimate of drug-likeness (QED) is 0.370. The van der Waals surface area contributed by atoms with E-state index < -0.39 is 5.97 Å². The van der Waals surface area contributed by atoms with Gasteiger partial charge in [-0.25, -0.2) is 4.79 Å². The number of carbonyl (C=O) groups is 2. The lowest BCUT2D eigenvalue weighted by Gasteiger charge is -2.25. The molecule has 1 fully saturated rings. The number of nitrogens with zero attached hydrogens (tertiary/aromatic N) is 3. The van der Waals surface area contributed by atoms with E-state index in [1.807, 2.05) is 0 Å². The number of thioether (sulfide) groups is 1. The predicted octanol–water partition coefficient (Wildman–Crippen LogP) is 4.95. The van der Waals surface area contributed by atoms with Crippen molar-refractivity contribution in [2.45, 2.75) is 49.7 Å². The van der Waals surface area contributed by atoms with Crippen molar-refractivity contribution in [1.29, 1.82) is 0 Å². The monoisotopic (exact) mass is 470 g/mol. The highest BCUT2D eigenvalue weighted by Gasteiger charge is 2.24. The van der Waals surface area contributed by atoms with Gasteiger partial charge in [-0.15, -0.1) is 21.5 Å². The second-order valence-electron chi connectivity index (χ2n) is 7.73. The summed E-state index contributed by atoms with van der Waals surface area (Å²) in [7, 11) is 1.33. The number of benzene rings is 1. The number of aromatic nitrogens is 3. The molecule has 0 aliphatic heterocycles. The number of nitrogens with one attached hydrogen (secondary N) is 1. The zero-order chi connectivity index (χ0) is 22.3. The number of thiophene rings is 1. The van der Waals surface area contributed by atoms with Crippen LogP contribution in [0.4, 0.5) is 5.69 Å². The maximum atomic E-state index is 12.6. The Balaban J connectivity index is 1.44. The highest BCUT2D eigenvalue weighted by molar-refractivity contribution is 7.99. The van der Waals surface area contributed by atoms with Crippen LogP contribution in [0, 0.1) is 0 Å². The van der Waals surface area contributed by atoms with Crippen LogP contribution in [0.5, 0.6) is 0 Å². The second-order valence-corrected chi connectivity index (χ2v) is 9.70. The third-order valence-electron chi connectivity index (χ3n) is 5.49. The largest absolute Gasteiger partial charge is 0.465 e. The van der Waals surface area contributed by atoms with Gasteiger partial charge in [0.1, 0.15) is 5.82 Å². The molecule has 2 aromatic heterocycles. The normalized spacial score (nSPS) is 14.3. The molecule has 1 aromatic carbocycles. The minimum absolute atomic E-state index is 0.157. The van der Waals surface area contributed by atoms with Crippen molar-refractivity contribution >= 4 is 40.7 Å². The highest BCUT2D eigenvalue weighted by atomic mass is 32.2.